The highest BCUT2D eigenvalue weighted by Crippen LogP contribution is 2.32. The number of alkyl halides is 3. The molecule has 3 rings (SSSR count). The molecule has 136 valence electrons. The summed E-state index contributed by atoms with van der Waals surface area (Å²) in [5.41, 5.74) is 0.421. The van der Waals surface area contributed by atoms with E-state index >= 15 is 0 Å². The maximum Gasteiger partial charge on any atom is 0.417 e. The van der Waals surface area contributed by atoms with Crippen LogP contribution in [-0.2, 0) is 12.7 Å². The van der Waals surface area contributed by atoms with E-state index in [9.17, 15) is 18.0 Å². The smallest absolute Gasteiger partial charge is 0.341 e. The number of nitrogens with one attached hydrogen (secondary N) is 2. The molecule has 1 aromatic heterocycles. The van der Waals surface area contributed by atoms with E-state index in [1.54, 1.807) is 18.2 Å². The van der Waals surface area contributed by atoms with Crippen molar-refractivity contribution in [2.24, 2.45) is 0 Å². The summed E-state index contributed by atoms with van der Waals surface area (Å²) >= 11 is 0. The quantitative estimate of drug-likeness (QED) is 0.740. The lowest BCUT2D eigenvalue weighted by Crippen LogP contribution is -2.18. The van der Waals surface area contributed by atoms with Crippen LogP contribution in [0.4, 0.5) is 18.9 Å². The van der Waals surface area contributed by atoms with Gasteiger partial charge in [-0.05, 0) is 44.4 Å². The number of carbonyl (C=O) groups is 1. The van der Waals surface area contributed by atoms with Crippen LogP contribution in [0, 0.1) is 0 Å². The van der Waals surface area contributed by atoms with E-state index < -0.39 is 23.2 Å². The second-order valence-corrected chi connectivity index (χ2v) is 6.15. The summed E-state index contributed by atoms with van der Waals surface area (Å²) in [5, 5.41) is 2.52. The first-order valence-corrected chi connectivity index (χ1v) is 7.85. The van der Waals surface area contributed by atoms with Gasteiger partial charge >= 0.3 is 6.18 Å². The summed E-state index contributed by atoms with van der Waals surface area (Å²) in [4.78, 5) is 21.8. The third-order valence-electron chi connectivity index (χ3n) is 3.73. The van der Waals surface area contributed by atoms with E-state index in [-0.39, 0.29) is 0 Å². The highest BCUT2D eigenvalue weighted by molar-refractivity contribution is 6.06. The number of carbonyl (C=O) groups excluding carboxylic acids is 1. The number of hydrogen-bond acceptors (Lipinski definition) is 3. The molecule has 0 saturated carbocycles. The Kier molecular flexibility index (Phi) is 4.69. The standard InChI is InChI=1S/C18H17F3N4O/c1-25(2)10-16-23-14-8-7-11(9-15(14)24-16)22-17(26)12-5-3-4-6-13(12)18(19,20)21/h3-9H,10H2,1-2H3,(H,22,26)(H,23,24). The van der Waals surface area contributed by atoms with Gasteiger partial charge in [0.2, 0.25) is 0 Å². The summed E-state index contributed by atoms with van der Waals surface area (Å²) < 4.78 is 39.2. The molecule has 0 aliphatic rings. The number of aromatic nitrogens is 2. The van der Waals surface area contributed by atoms with E-state index in [1.165, 1.54) is 12.1 Å². The molecular formula is C18H17F3N4O. The Morgan fingerprint density at radius 1 is 1.19 bits per heavy atom. The van der Waals surface area contributed by atoms with Gasteiger partial charge in [0.05, 0.1) is 28.7 Å². The van der Waals surface area contributed by atoms with Gasteiger partial charge in [0, 0.05) is 5.69 Å². The SMILES string of the molecule is CN(C)Cc1nc2ccc(NC(=O)c3ccccc3C(F)(F)F)cc2[nH]1. The van der Waals surface area contributed by atoms with Gasteiger partial charge in [0.25, 0.3) is 5.91 Å². The fourth-order valence-corrected chi connectivity index (χ4v) is 2.64. The van der Waals surface area contributed by atoms with Crippen LogP contribution in [0.15, 0.2) is 42.5 Å². The zero-order valence-electron chi connectivity index (χ0n) is 14.2. The first kappa shape index (κ1) is 17.9. The topological polar surface area (TPSA) is 61.0 Å². The van der Waals surface area contributed by atoms with Gasteiger partial charge in [0.15, 0.2) is 0 Å². The van der Waals surface area contributed by atoms with Gasteiger partial charge in [-0.2, -0.15) is 13.2 Å². The first-order chi connectivity index (χ1) is 12.2. The van der Waals surface area contributed by atoms with Crippen LogP contribution in [0.5, 0.6) is 0 Å². The van der Waals surface area contributed by atoms with Gasteiger partial charge in [0.1, 0.15) is 5.82 Å². The fraction of sp³-hybridized carbons (Fsp3) is 0.222. The van der Waals surface area contributed by atoms with E-state index in [2.05, 4.69) is 15.3 Å². The van der Waals surface area contributed by atoms with Crippen molar-refractivity contribution in [3.8, 4) is 0 Å². The second kappa shape index (κ2) is 6.80. The number of aromatic amines is 1. The lowest BCUT2D eigenvalue weighted by molar-refractivity contribution is -0.137. The van der Waals surface area contributed by atoms with Crippen molar-refractivity contribution in [3.63, 3.8) is 0 Å². The molecule has 0 spiro atoms. The summed E-state index contributed by atoms with van der Waals surface area (Å²) in [6.07, 6.45) is -4.59. The minimum Gasteiger partial charge on any atom is -0.341 e. The van der Waals surface area contributed by atoms with Crippen molar-refractivity contribution in [2.45, 2.75) is 12.7 Å². The van der Waals surface area contributed by atoms with Gasteiger partial charge in [-0.15, -0.1) is 0 Å². The van der Waals surface area contributed by atoms with Gasteiger partial charge < -0.3 is 15.2 Å². The molecule has 0 radical (unpaired) electrons. The zero-order valence-corrected chi connectivity index (χ0v) is 14.2. The van der Waals surface area contributed by atoms with E-state index in [0.29, 0.717) is 17.7 Å². The summed E-state index contributed by atoms with van der Waals surface area (Å²) in [5.74, 6) is -0.0544. The van der Waals surface area contributed by atoms with Crippen LogP contribution in [-0.4, -0.2) is 34.9 Å². The number of anilines is 1. The maximum absolute atomic E-state index is 13.1. The Morgan fingerprint density at radius 2 is 1.92 bits per heavy atom. The minimum atomic E-state index is -4.59. The highest BCUT2D eigenvalue weighted by Gasteiger charge is 2.34. The Balaban J connectivity index is 1.86. The number of rotatable bonds is 4. The monoisotopic (exact) mass is 362 g/mol. The molecular weight excluding hydrogens is 345 g/mol. The summed E-state index contributed by atoms with van der Waals surface area (Å²) in [6.45, 7) is 0.620. The number of amides is 1. The Labute approximate surface area is 147 Å². The van der Waals surface area contributed by atoms with Crippen LogP contribution < -0.4 is 5.32 Å². The molecule has 2 aromatic carbocycles. The summed E-state index contributed by atoms with van der Waals surface area (Å²) in [7, 11) is 3.83. The molecule has 0 aliphatic heterocycles. The summed E-state index contributed by atoms with van der Waals surface area (Å²) in [6, 6.07) is 9.66. The Bertz CT molecular complexity index is 947. The van der Waals surface area contributed by atoms with Crippen LogP contribution in [0.25, 0.3) is 11.0 Å². The van der Waals surface area contributed by atoms with E-state index in [4.69, 9.17) is 0 Å². The van der Waals surface area contributed by atoms with Gasteiger partial charge in [-0.3, -0.25) is 4.79 Å². The minimum absolute atomic E-state index is 0.388. The molecule has 5 nitrogen and oxygen atoms in total. The molecule has 3 aromatic rings. The molecule has 1 heterocycles. The highest BCUT2D eigenvalue weighted by atomic mass is 19.4. The van der Waals surface area contributed by atoms with Crippen molar-refractivity contribution < 1.29 is 18.0 Å². The second-order valence-electron chi connectivity index (χ2n) is 6.15. The lowest BCUT2D eigenvalue weighted by Gasteiger charge is -2.12. The van der Waals surface area contributed by atoms with E-state index in [1.807, 2.05) is 19.0 Å². The van der Waals surface area contributed by atoms with Crippen LogP contribution in [0.1, 0.15) is 21.7 Å². The average molecular weight is 362 g/mol. The van der Waals surface area contributed by atoms with Crippen molar-refractivity contribution in [3.05, 3.63) is 59.4 Å². The predicted molar refractivity (Wildman–Crippen MR) is 92.9 cm³/mol. The number of nitrogens with zero attached hydrogens (tertiary/aromatic N) is 2. The molecule has 0 unspecified atom stereocenters. The van der Waals surface area contributed by atoms with Crippen LogP contribution in [0.2, 0.25) is 0 Å². The normalized spacial score (nSPS) is 11.9. The Hall–Kier alpha value is -2.87. The molecule has 0 saturated heterocycles. The molecule has 1 amide bonds. The third kappa shape index (κ3) is 3.85. The number of H-pyrrole nitrogens is 1. The number of hydrogen-bond donors (Lipinski definition) is 2. The van der Waals surface area contributed by atoms with Crippen molar-refractivity contribution in [1.29, 1.82) is 0 Å². The molecule has 0 aliphatic carbocycles. The van der Waals surface area contributed by atoms with Gasteiger partial charge in [-0.25, -0.2) is 4.98 Å². The maximum atomic E-state index is 13.1. The number of halogens is 3. The third-order valence-corrected chi connectivity index (χ3v) is 3.73. The van der Waals surface area contributed by atoms with Crippen LogP contribution >= 0.6 is 0 Å². The largest absolute Gasteiger partial charge is 0.417 e. The number of fused-ring (bicyclic) bond motifs is 1. The number of benzene rings is 2. The molecule has 2 N–H and O–H groups in total. The first-order valence-electron chi connectivity index (χ1n) is 7.85. The Morgan fingerprint density at radius 3 is 2.62 bits per heavy atom. The van der Waals surface area contributed by atoms with Crippen molar-refractivity contribution >= 4 is 22.6 Å². The number of imidazole rings is 1. The molecule has 26 heavy (non-hydrogen) atoms. The van der Waals surface area contributed by atoms with Gasteiger partial charge in [-0.1, -0.05) is 12.1 Å². The van der Waals surface area contributed by atoms with Crippen LogP contribution in [0.3, 0.4) is 0 Å². The average Bonchev–Trinajstić information content (AvgIpc) is 2.94. The fourth-order valence-electron chi connectivity index (χ4n) is 2.64. The molecule has 0 fully saturated rings. The molecule has 8 heteroatoms. The zero-order chi connectivity index (χ0) is 18.9. The predicted octanol–water partition coefficient (Wildman–Crippen LogP) is 3.90. The lowest BCUT2D eigenvalue weighted by atomic mass is 10.1. The van der Waals surface area contributed by atoms with Crippen molar-refractivity contribution in [1.82, 2.24) is 14.9 Å². The molecule has 0 bridgehead atoms. The van der Waals surface area contributed by atoms with E-state index in [0.717, 1.165) is 23.5 Å². The van der Waals surface area contributed by atoms with Crippen molar-refractivity contribution in [2.75, 3.05) is 19.4 Å². The molecule has 0 atom stereocenters.